The van der Waals surface area contributed by atoms with E-state index in [1.54, 1.807) is 0 Å². The van der Waals surface area contributed by atoms with E-state index in [2.05, 4.69) is 9.98 Å². The number of nitrogens with zero attached hydrogens (tertiary/aromatic N) is 2. The first-order valence-corrected chi connectivity index (χ1v) is 7.75. The summed E-state index contributed by atoms with van der Waals surface area (Å²) in [4.78, 5) is 8.13. The third-order valence-electron chi connectivity index (χ3n) is 3.86. The van der Waals surface area contributed by atoms with E-state index in [0.29, 0.717) is 0 Å². The first-order valence-electron chi connectivity index (χ1n) is 7.37. The van der Waals surface area contributed by atoms with Gasteiger partial charge in [-0.1, -0.05) is 17.7 Å². The normalized spacial score (nSPS) is 17.3. The Balaban J connectivity index is 2.40. The summed E-state index contributed by atoms with van der Waals surface area (Å²) in [7, 11) is 0. The summed E-state index contributed by atoms with van der Waals surface area (Å²) in [5, 5.41) is -0.748. The molecule has 1 aliphatic rings. The Morgan fingerprint density at radius 2 is 1.65 bits per heavy atom. The van der Waals surface area contributed by atoms with Crippen molar-refractivity contribution in [2.45, 2.75) is 19.1 Å². The number of aliphatic imine (C=N–C) groups is 2. The molecule has 3 rings (SSSR count). The fraction of sp³-hybridized carbons (Fsp3) is 0.176. The quantitative estimate of drug-likeness (QED) is 0.698. The lowest BCUT2D eigenvalue weighted by Gasteiger charge is -2.16. The smallest absolute Gasteiger partial charge is 0.385 e. The zero-order valence-corrected chi connectivity index (χ0v) is 14.0. The molecule has 2 N–H and O–H groups in total. The van der Waals surface area contributed by atoms with Gasteiger partial charge >= 0.3 is 6.18 Å². The molecule has 2 aromatic carbocycles. The van der Waals surface area contributed by atoms with Gasteiger partial charge in [0, 0.05) is 5.56 Å². The van der Waals surface area contributed by atoms with Crippen molar-refractivity contribution >= 4 is 28.8 Å². The summed E-state index contributed by atoms with van der Waals surface area (Å²) in [6.45, 7) is 1.50. The van der Waals surface area contributed by atoms with Gasteiger partial charge in [-0.3, -0.25) is 4.99 Å². The number of fused-ring (bicyclic) bond motifs is 1. The van der Waals surface area contributed by atoms with Gasteiger partial charge in [-0.2, -0.15) is 13.2 Å². The highest BCUT2D eigenvalue weighted by Crippen LogP contribution is 2.42. The fourth-order valence-corrected chi connectivity index (χ4v) is 2.93. The average molecular weight is 388 g/mol. The lowest BCUT2D eigenvalue weighted by atomic mass is 9.97. The minimum absolute atomic E-state index is 0.0196. The predicted octanol–water partition coefficient (Wildman–Crippen LogP) is 4.87. The summed E-state index contributed by atoms with van der Waals surface area (Å²) < 4.78 is 68.3. The van der Waals surface area contributed by atoms with Crippen molar-refractivity contribution in [3.63, 3.8) is 0 Å². The van der Waals surface area contributed by atoms with Crippen molar-refractivity contribution in [1.29, 1.82) is 0 Å². The van der Waals surface area contributed by atoms with Crippen LogP contribution in [0.2, 0.25) is 5.02 Å². The van der Waals surface area contributed by atoms with Gasteiger partial charge < -0.3 is 5.73 Å². The number of alkyl halides is 3. The molecule has 3 nitrogen and oxygen atoms in total. The molecule has 0 saturated carbocycles. The monoisotopic (exact) mass is 387 g/mol. The van der Waals surface area contributed by atoms with Gasteiger partial charge in [-0.25, -0.2) is 13.8 Å². The lowest BCUT2D eigenvalue weighted by molar-refractivity contribution is -0.137. The standard InChI is InChI=1S/C17H11ClF5N3/c1-7-16(24)26-11-6-5-8(17(21,22)23)14(18)13(11)15(25-7)12-9(19)3-2-4-10(12)20/h2-7H,1H3,(H2,24,26)/t7-/m0/s1. The molecule has 0 spiro atoms. The molecule has 0 amide bonds. The van der Waals surface area contributed by atoms with Crippen molar-refractivity contribution in [2.24, 2.45) is 15.7 Å². The summed E-state index contributed by atoms with van der Waals surface area (Å²) >= 11 is 5.97. The Kier molecular flexibility index (Phi) is 4.47. The molecule has 0 saturated heterocycles. The molecule has 9 heteroatoms. The van der Waals surface area contributed by atoms with E-state index in [1.807, 2.05) is 0 Å². The van der Waals surface area contributed by atoms with Gasteiger partial charge in [0.1, 0.15) is 23.5 Å². The summed E-state index contributed by atoms with van der Waals surface area (Å²) in [5.74, 6) is -2.00. The minimum Gasteiger partial charge on any atom is -0.385 e. The largest absolute Gasteiger partial charge is 0.417 e. The number of rotatable bonds is 1. The Hall–Kier alpha value is -2.48. The van der Waals surface area contributed by atoms with E-state index < -0.39 is 40.0 Å². The van der Waals surface area contributed by atoms with Crippen LogP contribution in [-0.4, -0.2) is 17.6 Å². The molecule has 0 aliphatic carbocycles. The lowest BCUT2D eigenvalue weighted by Crippen LogP contribution is -2.24. The summed E-state index contributed by atoms with van der Waals surface area (Å²) in [6.07, 6.45) is -4.77. The van der Waals surface area contributed by atoms with E-state index >= 15 is 0 Å². The van der Waals surface area contributed by atoms with E-state index in [4.69, 9.17) is 17.3 Å². The molecule has 1 aliphatic heterocycles. The van der Waals surface area contributed by atoms with Crippen LogP contribution in [0.1, 0.15) is 23.6 Å². The molecule has 136 valence electrons. The van der Waals surface area contributed by atoms with Gasteiger partial charge in [0.15, 0.2) is 0 Å². The molecule has 0 fully saturated rings. The molecule has 0 aromatic heterocycles. The maximum Gasteiger partial charge on any atom is 0.417 e. The molecule has 2 aromatic rings. The Bertz CT molecular complexity index is 930. The fourth-order valence-electron chi connectivity index (χ4n) is 2.57. The van der Waals surface area contributed by atoms with Gasteiger partial charge in [0.05, 0.1) is 27.5 Å². The number of benzene rings is 2. The summed E-state index contributed by atoms with van der Waals surface area (Å²) in [6, 6.07) is 4.05. The van der Waals surface area contributed by atoms with Gasteiger partial charge in [-0.05, 0) is 31.2 Å². The zero-order chi connectivity index (χ0) is 19.2. The molecule has 0 bridgehead atoms. The highest BCUT2D eigenvalue weighted by molar-refractivity contribution is 6.37. The highest BCUT2D eigenvalue weighted by atomic mass is 35.5. The molecule has 26 heavy (non-hydrogen) atoms. The molecular weight excluding hydrogens is 377 g/mol. The van der Waals surface area contributed by atoms with Crippen molar-refractivity contribution in [3.8, 4) is 0 Å². The molecular formula is C17H11ClF5N3. The van der Waals surface area contributed by atoms with Crippen molar-refractivity contribution in [2.75, 3.05) is 0 Å². The molecule has 0 radical (unpaired) electrons. The van der Waals surface area contributed by atoms with Crippen LogP contribution in [0.3, 0.4) is 0 Å². The predicted molar refractivity (Wildman–Crippen MR) is 89.2 cm³/mol. The Morgan fingerprint density at radius 1 is 1.04 bits per heavy atom. The van der Waals surface area contributed by atoms with Crippen LogP contribution < -0.4 is 5.73 Å². The first kappa shape index (κ1) is 18.3. The number of hydrogen-bond acceptors (Lipinski definition) is 3. The number of halogens is 6. The number of amidine groups is 1. The van der Waals surface area contributed by atoms with Gasteiger partial charge in [0.25, 0.3) is 0 Å². The molecule has 1 heterocycles. The molecule has 1 atom stereocenters. The van der Waals surface area contributed by atoms with E-state index in [-0.39, 0.29) is 22.8 Å². The molecule has 0 unspecified atom stereocenters. The third-order valence-corrected chi connectivity index (χ3v) is 4.25. The average Bonchev–Trinajstić information content (AvgIpc) is 2.64. The second kappa shape index (κ2) is 6.35. The SMILES string of the molecule is C[C@@H]1N=C(c2c(F)cccc2F)c2c(ccc(C(F)(F)F)c2Cl)N=C1N. The Morgan fingerprint density at radius 3 is 2.23 bits per heavy atom. The van der Waals surface area contributed by atoms with Crippen LogP contribution in [0, 0.1) is 11.6 Å². The van der Waals surface area contributed by atoms with Crippen molar-refractivity contribution in [3.05, 3.63) is 63.7 Å². The highest BCUT2D eigenvalue weighted by Gasteiger charge is 2.37. The van der Waals surface area contributed by atoms with E-state index in [1.165, 1.54) is 6.92 Å². The van der Waals surface area contributed by atoms with Crippen LogP contribution in [0.25, 0.3) is 0 Å². The van der Waals surface area contributed by atoms with Crippen molar-refractivity contribution < 1.29 is 22.0 Å². The number of hydrogen-bond donors (Lipinski definition) is 1. The van der Waals surface area contributed by atoms with Crippen LogP contribution in [0.15, 0.2) is 40.3 Å². The topological polar surface area (TPSA) is 50.7 Å². The van der Waals surface area contributed by atoms with Crippen molar-refractivity contribution in [1.82, 2.24) is 0 Å². The second-order valence-electron chi connectivity index (χ2n) is 5.61. The van der Waals surface area contributed by atoms with Crippen LogP contribution in [0.4, 0.5) is 27.6 Å². The van der Waals surface area contributed by atoms with Crippen LogP contribution in [0.5, 0.6) is 0 Å². The zero-order valence-electron chi connectivity index (χ0n) is 13.2. The van der Waals surface area contributed by atoms with Crippen LogP contribution >= 0.6 is 11.6 Å². The first-order chi connectivity index (χ1) is 12.1. The second-order valence-corrected chi connectivity index (χ2v) is 5.98. The maximum atomic E-state index is 14.3. The Labute approximate surface area is 150 Å². The minimum atomic E-state index is -4.77. The third kappa shape index (κ3) is 3.05. The maximum absolute atomic E-state index is 14.3. The van der Waals surface area contributed by atoms with Crippen LogP contribution in [-0.2, 0) is 6.18 Å². The van der Waals surface area contributed by atoms with Gasteiger partial charge in [0.2, 0.25) is 0 Å². The summed E-state index contributed by atoms with van der Waals surface area (Å²) in [5.41, 5.74) is 3.28. The van der Waals surface area contributed by atoms with E-state index in [0.717, 1.165) is 30.3 Å². The number of nitrogens with two attached hydrogens (primary N) is 1. The van der Waals surface area contributed by atoms with Gasteiger partial charge in [-0.15, -0.1) is 0 Å². The van der Waals surface area contributed by atoms with E-state index in [9.17, 15) is 22.0 Å².